The van der Waals surface area contributed by atoms with E-state index in [1.807, 2.05) is 0 Å². The van der Waals surface area contributed by atoms with Crippen LogP contribution in [-0.4, -0.2) is 31.1 Å². The van der Waals surface area contributed by atoms with Gasteiger partial charge in [0.2, 0.25) is 0 Å². The van der Waals surface area contributed by atoms with Crippen molar-refractivity contribution in [3.63, 3.8) is 0 Å². The Balaban J connectivity index is 2.36. The first-order valence-electron chi connectivity index (χ1n) is 5.94. The quantitative estimate of drug-likeness (QED) is 0.613. The molecular formula is C13H16F4O2. The Kier molecular flexibility index (Phi) is 6.24. The van der Waals surface area contributed by atoms with Gasteiger partial charge in [-0.05, 0) is 24.5 Å². The molecule has 0 saturated heterocycles. The van der Waals surface area contributed by atoms with Crippen molar-refractivity contribution in [3.05, 3.63) is 35.6 Å². The first-order chi connectivity index (χ1) is 8.94. The minimum Gasteiger partial charge on any atom is -0.396 e. The molecule has 0 aliphatic rings. The van der Waals surface area contributed by atoms with Crippen LogP contribution in [0.25, 0.3) is 0 Å². The van der Waals surface area contributed by atoms with E-state index in [1.165, 1.54) is 6.07 Å². The summed E-state index contributed by atoms with van der Waals surface area (Å²) in [6, 6.07) is 6.05. The van der Waals surface area contributed by atoms with Gasteiger partial charge in [0, 0.05) is 12.5 Å². The van der Waals surface area contributed by atoms with E-state index < -0.39 is 24.5 Å². The molecule has 6 heteroatoms. The molecule has 108 valence electrons. The maximum Gasteiger partial charge on any atom is 0.411 e. The SMILES string of the molecule is OCC(CCCOCC(F)(F)F)c1ccccc1F. The van der Waals surface area contributed by atoms with Crippen LogP contribution in [-0.2, 0) is 4.74 Å². The highest BCUT2D eigenvalue weighted by atomic mass is 19.4. The van der Waals surface area contributed by atoms with Gasteiger partial charge in [0.1, 0.15) is 12.4 Å². The van der Waals surface area contributed by atoms with E-state index >= 15 is 0 Å². The highest BCUT2D eigenvalue weighted by molar-refractivity contribution is 5.21. The summed E-state index contributed by atoms with van der Waals surface area (Å²) in [5.41, 5.74) is 0.376. The molecule has 2 nitrogen and oxygen atoms in total. The molecule has 1 aromatic rings. The van der Waals surface area contributed by atoms with E-state index in [1.54, 1.807) is 18.2 Å². The minimum absolute atomic E-state index is 0.0650. The zero-order chi connectivity index (χ0) is 14.3. The van der Waals surface area contributed by atoms with Crippen molar-refractivity contribution in [2.75, 3.05) is 19.8 Å². The molecule has 1 aromatic carbocycles. The maximum atomic E-state index is 13.5. The smallest absolute Gasteiger partial charge is 0.396 e. The fourth-order valence-corrected chi connectivity index (χ4v) is 1.77. The van der Waals surface area contributed by atoms with Gasteiger partial charge in [-0.15, -0.1) is 0 Å². The molecule has 0 aliphatic heterocycles. The first kappa shape index (κ1) is 15.9. The van der Waals surface area contributed by atoms with Gasteiger partial charge in [0.05, 0.1) is 6.61 Å². The Hall–Kier alpha value is -1.14. The Labute approximate surface area is 109 Å². The maximum absolute atomic E-state index is 13.5. The van der Waals surface area contributed by atoms with Crippen LogP contribution < -0.4 is 0 Å². The predicted octanol–water partition coefficient (Wildman–Crippen LogP) is 3.26. The molecule has 1 unspecified atom stereocenters. The van der Waals surface area contributed by atoms with Crippen molar-refractivity contribution in [2.45, 2.75) is 24.9 Å². The van der Waals surface area contributed by atoms with Crippen molar-refractivity contribution in [1.29, 1.82) is 0 Å². The summed E-state index contributed by atoms with van der Waals surface area (Å²) in [6.07, 6.45) is -3.63. The molecule has 0 fully saturated rings. The molecule has 19 heavy (non-hydrogen) atoms. The number of ether oxygens (including phenoxy) is 1. The predicted molar refractivity (Wildman–Crippen MR) is 62.3 cm³/mol. The van der Waals surface area contributed by atoms with E-state index in [-0.39, 0.29) is 13.2 Å². The number of halogens is 4. The summed E-state index contributed by atoms with van der Waals surface area (Å²) in [5, 5.41) is 9.20. The average molecular weight is 280 g/mol. The van der Waals surface area contributed by atoms with Crippen LogP contribution in [0.3, 0.4) is 0 Å². The molecule has 0 spiro atoms. The number of hydrogen-bond donors (Lipinski definition) is 1. The van der Waals surface area contributed by atoms with Gasteiger partial charge in [-0.3, -0.25) is 0 Å². The van der Waals surface area contributed by atoms with Crippen LogP contribution in [0.4, 0.5) is 17.6 Å². The molecule has 0 bridgehead atoms. The highest BCUT2D eigenvalue weighted by Crippen LogP contribution is 2.23. The lowest BCUT2D eigenvalue weighted by Crippen LogP contribution is -2.17. The van der Waals surface area contributed by atoms with E-state index in [9.17, 15) is 22.7 Å². The number of aliphatic hydroxyl groups excluding tert-OH is 1. The fourth-order valence-electron chi connectivity index (χ4n) is 1.77. The normalized spacial score (nSPS) is 13.5. The summed E-state index contributed by atoms with van der Waals surface area (Å²) < 4.78 is 53.4. The highest BCUT2D eigenvalue weighted by Gasteiger charge is 2.27. The third-order valence-electron chi connectivity index (χ3n) is 2.67. The molecule has 0 aromatic heterocycles. The van der Waals surface area contributed by atoms with Gasteiger partial charge in [-0.1, -0.05) is 18.2 Å². The van der Waals surface area contributed by atoms with Crippen LogP contribution >= 0.6 is 0 Å². The van der Waals surface area contributed by atoms with Crippen LogP contribution in [0.1, 0.15) is 24.3 Å². The van der Waals surface area contributed by atoms with Gasteiger partial charge in [-0.25, -0.2) is 4.39 Å². The second kappa shape index (κ2) is 7.45. The largest absolute Gasteiger partial charge is 0.411 e. The molecule has 0 aliphatic carbocycles. The molecule has 0 saturated carbocycles. The standard InChI is InChI=1S/C13H16F4O2/c14-12-6-2-1-5-11(12)10(8-18)4-3-7-19-9-13(15,16)17/h1-2,5-6,10,18H,3-4,7-9H2. The number of rotatable bonds is 7. The van der Waals surface area contributed by atoms with Gasteiger partial charge < -0.3 is 9.84 Å². The Morgan fingerprint density at radius 3 is 2.47 bits per heavy atom. The summed E-state index contributed by atoms with van der Waals surface area (Å²) in [7, 11) is 0. The number of hydrogen-bond acceptors (Lipinski definition) is 2. The molecule has 0 amide bonds. The minimum atomic E-state index is -4.33. The van der Waals surface area contributed by atoms with Crippen LogP contribution in [0, 0.1) is 5.82 Å². The first-order valence-corrected chi connectivity index (χ1v) is 5.94. The lowest BCUT2D eigenvalue weighted by Gasteiger charge is -2.15. The second-order valence-corrected chi connectivity index (χ2v) is 4.21. The lowest BCUT2D eigenvalue weighted by atomic mass is 9.95. The Morgan fingerprint density at radius 1 is 1.21 bits per heavy atom. The van der Waals surface area contributed by atoms with Gasteiger partial charge >= 0.3 is 6.18 Å². The third kappa shape index (κ3) is 6.02. The van der Waals surface area contributed by atoms with E-state index in [0.29, 0.717) is 18.4 Å². The van der Waals surface area contributed by atoms with Gasteiger partial charge in [0.15, 0.2) is 0 Å². The molecule has 0 radical (unpaired) electrons. The van der Waals surface area contributed by atoms with Crippen LogP contribution in [0.15, 0.2) is 24.3 Å². The van der Waals surface area contributed by atoms with E-state index in [2.05, 4.69) is 4.74 Å². The van der Waals surface area contributed by atoms with Crippen molar-refractivity contribution < 1.29 is 27.4 Å². The van der Waals surface area contributed by atoms with Gasteiger partial charge in [-0.2, -0.15) is 13.2 Å². The molecule has 1 rings (SSSR count). The summed E-state index contributed by atoms with van der Waals surface area (Å²) in [6.45, 7) is -1.60. The summed E-state index contributed by atoms with van der Waals surface area (Å²) in [5.74, 6) is -0.839. The Bertz CT molecular complexity index is 379. The number of alkyl halides is 3. The number of aliphatic hydroxyl groups is 1. The average Bonchev–Trinajstić information content (AvgIpc) is 2.34. The van der Waals surface area contributed by atoms with Crippen molar-refractivity contribution in [2.24, 2.45) is 0 Å². The van der Waals surface area contributed by atoms with Crippen molar-refractivity contribution in [1.82, 2.24) is 0 Å². The molecule has 1 N–H and O–H groups in total. The molecule has 0 heterocycles. The zero-order valence-corrected chi connectivity index (χ0v) is 10.3. The molecular weight excluding hydrogens is 264 g/mol. The Morgan fingerprint density at radius 2 is 1.89 bits per heavy atom. The lowest BCUT2D eigenvalue weighted by molar-refractivity contribution is -0.174. The topological polar surface area (TPSA) is 29.5 Å². The molecule has 1 atom stereocenters. The van der Waals surface area contributed by atoms with E-state index in [4.69, 9.17) is 0 Å². The van der Waals surface area contributed by atoms with Crippen LogP contribution in [0.5, 0.6) is 0 Å². The zero-order valence-electron chi connectivity index (χ0n) is 10.3. The van der Waals surface area contributed by atoms with Crippen LogP contribution in [0.2, 0.25) is 0 Å². The fraction of sp³-hybridized carbons (Fsp3) is 0.538. The van der Waals surface area contributed by atoms with Crippen molar-refractivity contribution in [3.8, 4) is 0 Å². The van der Waals surface area contributed by atoms with Gasteiger partial charge in [0.25, 0.3) is 0 Å². The third-order valence-corrected chi connectivity index (χ3v) is 2.67. The summed E-state index contributed by atoms with van der Waals surface area (Å²) >= 11 is 0. The van der Waals surface area contributed by atoms with E-state index in [0.717, 1.165) is 0 Å². The number of benzene rings is 1. The monoisotopic (exact) mass is 280 g/mol. The second-order valence-electron chi connectivity index (χ2n) is 4.21. The van der Waals surface area contributed by atoms with Crippen molar-refractivity contribution >= 4 is 0 Å². The summed E-state index contributed by atoms with van der Waals surface area (Å²) in [4.78, 5) is 0.